The number of halogens is 1. The largest absolute Gasteiger partial charge is 0.459 e. The Morgan fingerprint density at radius 1 is 1.27 bits per heavy atom. The lowest BCUT2D eigenvalue weighted by Gasteiger charge is -2.26. The van der Waals surface area contributed by atoms with Crippen molar-refractivity contribution in [1.29, 1.82) is 0 Å². The minimum atomic E-state index is -0.436. The molecule has 8 heteroatoms. The molecule has 1 aliphatic heterocycles. The van der Waals surface area contributed by atoms with Gasteiger partial charge in [0.2, 0.25) is 0 Å². The number of benzene rings is 1. The topological polar surface area (TPSA) is 75.4 Å². The molecular weight excluding hydrogens is 357 g/mol. The highest BCUT2D eigenvalue weighted by molar-refractivity contribution is 7.15. The normalized spacial score (nSPS) is 13.3. The van der Waals surface area contributed by atoms with E-state index >= 15 is 0 Å². The summed E-state index contributed by atoms with van der Waals surface area (Å²) in [6.07, 6.45) is 2.02. The van der Waals surface area contributed by atoms with Gasteiger partial charge in [0.15, 0.2) is 10.9 Å². The van der Waals surface area contributed by atoms with Crippen LogP contribution in [0.1, 0.15) is 31.5 Å². The van der Waals surface area contributed by atoms with Crippen LogP contribution in [0.3, 0.4) is 0 Å². The highest BCUT2D eigenvalue weighted by Crippen LogP contribution is 2.29. The van der Waals surface area contributed by atoms with Gasteiger partial charge >= 0.3 is 0 Å². The van der Waals surface area contributed by atoms with Crippen LogP contribution >= 0.6 is 11.3 Å². The van der Waals surface area contributed by atoms with Crippen molar-refractivity contribution in [3.63, 3.8) is 0 Å². The molecule has 0 atom stereocenters. The second kappa shape index (κ2) is 6.72. The first-order chi connectivity index (χ1) is 12.6. The van der Waals surface area contributed by atoms with Crippen LogP contribution in [0.4, 0.5) is 9.52 Å². The highest BCUT2D eigenvalue weighted by Gasteiger charge is 2.25. The number of nitrogens with one attached hydrogen (secondary N) is 1. The van der Waals surface area contributed by atoms with E-state index in [0.29, 0.717) is 30.2 Å². The molecule has 1 aromatic carbocycles. The van der Waals surface area contributed by atoms with E-state index in [9.17, 15) is 14.0 Å². The van der Waals surface area contributed by atoms with E-state index in [4.69, 9.17) is 4.42 Å². The smallest absolute Gasteiger partial charge is 0.293 e. The van der Waals surface area contributed by atoms with Crippen molar-refractivity contribution in [2.75, 3.05) is 11.9 Å². The molecule has 2 amide bonds. The number of anilines is 1. The first-order valence-corrected chi connectivity index (χ1v) is 8.80. The Balaban J connectivity index is 1.48. The van der Waals surface area contributed by atoms with Crippen LogP contribution in [0.5, 0.6) is 0 Å². The van der Waals surface area contributed by atoms with E-state index in [0.717, 1.165) is 10.6 Å². The molecule has 26 heavy (non-hydrogen) atoms. The monoisotopic (exact) mass is 371 g/mol. The molecule has 0 fully saturated rings. The Labute approximate surface area is 152 Å². The second-order valence-electron chi connectivity index (χ2n) is 5.81. The number of thiazole rings is 1. The maximum Gasteiger partial charge on any atom is 0.293 e. The molecule has 0 spiro atoms. The van der Waals surface area contributed by atoms with Crippen molar-refractivity contribution in [2.24, 2.45) is 0 Å². The van der Waals surface area contributed by atoms with E-state index in [2.05, 4.69) is 10.3 Å². The second-order valence-corrected chi connectivity index (χ2v) is 6.89. The van der Waals surface area contributed by atoms with Gasteiger partial charge in [0.25, 0.3) is 11.8 Å². The van der Waals surface area contributed by atoms with Crippen LogP contribution in [0.25, 0.3) is 0 Å². The fourth-order valence-electron chi connectivity index (χ4n) is 2.79. The van der Waals surface area contributed by atoms with Gasteiger partial charge in [-0.05, 0) is 30.3 Å². The van der Waals surface area contributed by atoms with Crippen LogP contribution in [-0.2, 0) is 13.0 Å². The number of amides is 2. The molecule has 6 nitrogen and oxygen atoms in total. The van der Waals surface area contributed by atoms with E-state index < -0.39 is 5.82 Å². The number of carbonyl (C=O) groups excluding carboxylic acids is 2. The summed E-state index contributed by atoms with van der Waals surface area (Å²) in [6.45, 7) is 0.886. The maximum atomic E-state index is 13.3. The maximum absolute atomic E-state index is 13.3. The van der Waals surface area contributed by atoms with Crippen molar-refractivity contribution in [3.8, 4) is 0 Å². The summed E-state index contributed by atoms with van der Waals surface area (Å²) >= 11 is 1.33. The Kier molecular flexibility index (Phi) is 4.26. The molecule has 2 aromatic heterocycles. The number of aromatic nitrogens is 1. The third-order valence-corrected chi connectivity index (χ3v) is 5.05. The molecule has 0 aliphatic carbocycles. The third kappa shape index (κ3) is 3.23. The Bertz CT molecular complexity index is 968. The predicted molar refractivity (Wildman–Crippen MR) is 93.6 cm³/mol. The number of nitrogens with zero attached hydrogens (tertiary/aromatic N) is 2. The van der Waals surface area contributed by atoms with E-state index in [-0.39, 0.29) is 17.6 Å². The summed E-state index contributed by atoms with van der Waals surface area (Å²) in [7, 11) is 0. The fraction of sp³-hybridized carbons (Fsp3) is 0.167. The number of hydrogen-bond donors (Lipinski definition) is 1. The Morgan fingerprint density at radius 3 is 2.92 bits per heavy atom. The summed E-state index contributed by atoms with van der Waals surface area (Å²) in [5, 5.41) is 3.18. The van der Waals surface area contributed by atoms with Gasteiger partial charge in [-0.2, -0.15) is 0 Å². The van der Waals surface area contributed by atoms with Crippen molar-refractivity contribution < 1.29 is 18.4 Å². The third-order valence-electron chi connectivity index (χ3n) is 4.06. The standard InChI is InChI=1S/C18H14FN3O3S/c19-12-4-1-3-11(9-12)17(24)22-7-6-13-15(10-22)26-18(20-13)21-16(23)14-5-2-8-25-14/h1-5,8-9H,6-7,10H2,(H,20,21,23). The van der Waals surface area contributed by atoms with Gasteiger partial charge in [0, 0.05) is 23.4 Å². The zero-order chi connectivity index (χ0) is 18.1. The van der Waals surface area contributed by atoms with E-state index in [1.165, 1.54) is 35.8 Å². The lowest BCUT2D eigenvalue weighted by molar-refractivity contribution is 0.0735. The van der Waals surface area contributed by atoms with Crippen LogP contribution < -0.4 is 5.32 Å². The number of hydrogen-bond acceptors (Lipinski definition) is 5. The highest BCUT2D eigenvalue weighted by atomic mass is 32.1. The molecule has 132 valence electrons. The van der Waals surface area contributed by atoms with Gasteiger partial charge in [-0.1, -0.05) is 17.4 Å². The fourth-order valence-corrected chi connectivity index (χ4v) is 3.81. The Hall–Kier alpha value is -3.00. The van der Waals surface area contributed by atoms with Crippen molar-refractivity contribution in [1.82, 2.24) is 9.88 Å². The van der Waals surface area contributed by atoms with Crippen LogP contribution in [0, 0.1) is 5.82 Å². The summed E-state index contributed by atoms with van der Waals surface area (Å²) in [5.74, 6) is -0.811. The first kappa shape index (κ1) is 16.5. The van der Waals surface area contributed by atoms with Crippen molar-refractivity contribution in [3.05, 3.63) is 70.4 Å². The molecule has 0 bridgehead atoms. The van der Waals surface area contributed by atoms with E-state index in [1.807, 2.05) is 0 Å². The van der Waals surface area contributed by atoms with Gasteiger partial charge < -0.3 is 9.32 Å². The summed E-state index contributed by atoms with van der Waals surface area (Å²) in [4.78, 5) is 31.6. The molecule has 1 N–H and O–H groups in total. The molecule has 4 rings (SSSR count). The average molecular weight is 371 g/mol. The number of fused-ring (bicyclic) bond motifs is 1. The van der Waals surface area contributed by atoms with Gasteiger partial charge in [0.05, 0.1) is 18.5 Å². The molecule has 0 saturated heterocycles. The van der Waals surface area contributed by atoms with Gasteiger partial charge in [-0.15, -0.1) is 0 Å². The zero-order valence-corrected chi connectivity index (χ0v) is 14.4. The predicted octanol–water partition coefficient (Wildman–Crippen LogP) is 3.33. The number of rotatable bonds is 3. The molecule has 1 aliphatic rings. The number of carbonyl (C=O) groups is 2. The number of furan rings is 1. The van der Waals surface area contributed by atoms with Crippen LogP contribution in [0.2, 0.25) is 0 Å². The molecule has 0 saturated carbocycles. The first-order valence-electron chi connectivity index (χ1n) is 7.98. The molecule has 0 unspecified atom stereocenters. The van der Waals surface area contributed by atoms with Gasteiger partial charge in [0.1, 0.15) is 5.82 Å². The zero-order valence-electron chi connectivity index (χ0n) is 13.6. The minimum Gasteiger partial charge on any atom is -0.459 e. The molecule has 0 radical (unpaired) electrons. The minimum absolute atomic E-state index is 0.209. The van der Waals surface area contributed by atoms with Gasteiger partial charge in [-0.25, -0.2) is 9.37 Å². The van der Waals surface area contributed by atoms with Crippen LogP contribution in [-0.4, -0.2) is 28.2 Å². The molecular formula is C18H14FN3O3S. The quantitative estimate of drug-likeness (QED) is 0.766. The van der Waals surface area contributed by atoms with Crippen molar-refractivity contribution in [2.45, 2.75) is 13.0 Å². The molecule has 3 aromatic rings. The van der Waals surface area contributed by atoms with Crippen LogP contribution in [0.15, 0.2) is 47.1 Å². The summed E-state index contributed by atoms with van der Waals surface area (Å²) in [5.41, 5.74) is 1.19. The molecule has 3 heterocycles. The van der Waals surface area contributed by atoms with Gasteiger partial charge in [-0.3, -0.25) is 14.9 Å². The summed E-state index contributed by atoms with van der Waals surface area (Å²) in [6, 6.07) is 8.87. The van der Waals surface area contributed by atoms with E-state index in [1.54, 1.807) is 23.1 Å². The average Bonchev–Trinajstić information content (AvgIpc) is 3.29. The lowest BCUT2D eigenvalue weighted by Crippen LogP contribution is -2.35. The SMILES string of the molecule is O=C(Nc1nc2c(s1)CN(C(=O)c1cccc(F)c1)CC2)c1ccco1. The lowest BCUT2D eigenvalue weighted by atomic mass is 10.1. The van der Waals surface area contributed by atoms with Crippen molar-refractivity contribution >= 4 is 28.3 Å². The summed E-state index contributed by atoms with van der Waals surface area (Å²) < 4.78 is 18.4. The Morgan fingerprint density at radius 2 is 2.15 bits per heavy atom.